The van der Waals surface area contributed by atoms with Crippen molar-refractivity contribution in [2.45, 2.75) is 77.4 Å². The first kappa shape index (κ1) is 16.0. The first-order chi connectivity index (χ1) is 10.1. The van der Waals surface area contributed by atoms with Gasteiger partial charge in [-0.25, -0.2) is 0 Å². The molecule has 1 fully saturated rings. The number of benzene rings is 1. The first-order valence-corrected chi connectivity index (χ1v) is 8.61. The second-order valence-electron chi connectivity index (χ2n) is 8.82. The van der Waals surface area contributed by atoms with Gasteiger partial charge in [0, 0.05) is 0 Å². The summed E-state index contributed by atoms with van der Waals surface area (Å²) in [6.45, 7) is 10.5. The van der Waals surface area contributed by atoms with E-state index in [0.29, 0.717) is 5.92 Å². The van der Waals surface area contributed by atoms with Crippen molar-refractivity contribution in [2.24, 2.45) is 11.3 Å². The Morgan fingerprint density at radius 3 is 2.45 bits per heavy atom. The number of aliphatic hydroxyl groups is 2. The van der Waals surface area contributed by atoms with Crippen LogP contribution < -0.4 is 0 Å². The maximum atomic E-state index is 10.5. The second kappa shape index (κ2) is 4.82. The van der Waals surface area contributed by atoms with Crippen molar-refractivity contribution in [1.82, 2.24) is 0 Å². The van der Waals surface area contributed by atoms with Gasteiger partial charge in [0.25, 0.3) is 0 Å². The fourth-order valence-electron chi connectivity index (χ4n) is 5.09. The standard InChI is InChI=1S/C20H30O2/c1-18(2)16-9-6-13-12-14(19(3,4)22)7-8-15(13)20(16,5)11-10-17(18)21/h7-8,12,16-17,21-22H,6,9-11H2,1-5H3/t16-,17-,20+/m1/s1. The van der Waals surface area contributed by atoms with Crippen molar-refractivity contribution in [1.29, 1.82) is 0 Å². The molecule has 2 aliphatic carbocycles. The molecule has 0 aliphatic heterocycles. The Morgan fingerprint density at radius 1 is 1.14 bits per heavy atom. The molecule has 1 saturated carbocycles. The number of aryl methyl sites for hydroxylation is 1. The van der Waals surface area contributed by atoms with E-state index >= 15 is 0 Å². The fraction of sp³-hybridized carbons (Fsp3) is 0.700. The summed E-state index contributed by atoms with van der Waals surface area (Å²) >= 11 is 0. The minimum atomic E-state index is -0.783. The third kappa shape index (κ3) is 2.23. The van der Waals surface area contributed by atoms with Crippen LogP contribution in [0.3, 0.4) is 0 Å². The van der Waals surface area contributed by atoms with Crippen LogP contribution in [0.5, 0.6) is 0 Å². The van der Waals surface area contributed by atoms with E-state index in [9.17, 15) is 10.2 Å². The molecule has 2 N–H and O–H groups in total. The molecule has 1 aromatic rings. The summed E-state index contributed by atoms with van der Waals surface area (Å²) in [6.07, 6.45) is 3.92. The van der Waals surface area contributed by atoms with Crippen molar-refractivity contribution in [2.75, 3.05) is 0 Å². The summed E-state index contributed by atoms with van der Waals surface area (Å²) in [7, 11) is 0. The lowest BCUT2D eigenvalue weighted by Crippen LogP contribution is -2.53. The van der Waals surface area contributed by atoms with Gasteiger partial charge in [-0.3, -0.25) is 0 Å². The number of hydrogen-bond donors (Lipinski definition) is 2. The predicted molar refractivity (Wildman–Crippen MR) is 89.9 cm³/mol. The molecular weight excluding hydrogens is 272 g/mol. The fourth-order valence-corrected chi connectivity index (χ4v) is 5.09. The Bertz CT molecular complexity index is 582. The van der Waals surface area contributed by atoms with Gasteiger partial charge in [-0.05, 0) is 73.0 Å². The SMILES string of the molecule is CC(C)(O)c1ccc2c(c1)CC[C@@H]1C(C)(C)[C@H](O)CC[C@@]21C. The second-order valence-corrected chi connectivity index (χ2v) is 8.82. The van der Waals surface area contributed by atoms with Gasteiger partial charge in [-0.1, -0.05) is 39.0 Å². The molecule has 3 rings (SSSR count). The van der Waals surface area contributed by atoms with E-state index in [2.05, 4.69) is 39.0 Å². The topological polar surface area (TPSA) is 40.5 Å². The average Bonchev–Trinajstić information content (AvgIpc) is 2.42. The van der Waals surface area contributed by atoms with E-state index in [1.165, 1.54) is 11.1 Å². The maximum absolute atomic E-state index is 10.5. The lowest BCUT2D eigenvalue weighted by molar-refractivity contribution is -0.0731. The van der Waals surface area contributed by atoms with Crippen LogP contribution >= 0.6 is 0 Å². The van der Waals surface area contributed by atoms with Crippen molar-refractivity contribution in [3.8, 4) is 0 Å². The lowest BCUT2D eigenvalue weighted by atomic mass is 9.49. The Kier molecular flexibility index (Phi) is 3.51. The van der Waals surface area contributed by atoms with Gasteiger partial charge in [0.1, 0.15) is 0 Å². The highest BCUT2D eigenvalue weighted by atomic mass is 16.3. The summed E-state index contributed by atoms with van der Waals surface area (Å²) in [6, 6.07) is 6.53. The zero-order valence-corrected chi connectivity index (χ0v) is 14.6. The monoisotopic (exact) mass is 302 g/mol. The highest BCUT2D eigenvalue weighted by Gasteiger charge is 2.53. The van der Waals surface area contributed by atoms with Gasteiger partial charge < -0.3 is 10.2 Å². The highest BCUT2D eigenvalue weighted by Crippen LogP contribution is 2.57. The van der Waals surface area contributed by atoms with Crippen LogP contribution in [0.15, 0.2) is 18.2 Å². The number of fused-ring (bicyclic) bond motifs is 3. The predicted octanol–water partition coefficient (Wildman–Crippen LogP) is 3.92. The lowest BCUT2D eigenvalue weighted by Gasteiger charge is -2.56. The Morgan fingerprint density at radius 2 is 1.82 bits per heavy atom. The zero-order chi connectivity index (χ0) is 16.3. The van der Waals surface area contributed by atoms with Gasteiger partial charge in [-0.15, -0.1) is 0 Å². The van der Waals surface area contributed by atoms with Crippen LogP contribution in [0.4, 0.5) is 0 Å². The van der Waals surface area contributed by atoms with Crippen LogP contribution in [0.2, 0.25) is 0 Å². The summed E-state index contributed by atoms with van der Waals surface area (Å²) in [5, 5.41) is 20.7. The van der Waals surface area contributed by atoms with Crippen LogP contribution in [0.25, 0.3) is 0 Å². The summed E-state index contributed by atoms with van der Waals surface area (Å²) in [5.41, 5.74) is 3.17. The Labute approximate surface area is 134 Å². The number of rotatable bonds is 1. The first-order valence-electron chi connectivity index (χ1n) is 8.61. The van der Waals surface area contributed by atoms with Gasteiger partial charge in [-0.2, -0.15) is 0 Å². The molecule has 122 valence electrons. The molecule has 3 atom stereocenters. The molecule has 0 unspecified atom stereocenters. The largest absolute Gasteiger partial charge is 0.393 e. The van der Waals surface area contributed by atoms with Crippen molar-refractivity contribution in [3.63, 3.8) is 0 Å². The van der Waals surface area contributed by atoms with Crippen molar-refractivity contribution >= 4 is 0 Å². The number of hydrogen-bond acceptors (Lipinski definition) is 2. The van der Waals surface area contributed by atoms with Gasteiger partial charge in [0.05, 0.1) is 11.7 Å². The molecule has 0 amide bonds. The van der Waals surface area contributed by atoms with E-state index < -0.39 is 5.60 Å². The van der Waals surface area contributed by atoms with Crippen LogP contribution in [0.1, 0.15) is 70.6 Å². The minimum absolute atomic E-state index is 0.0282. The number of aliphatic hydroxyl groups excluding tert-OH is 1. The van der Waals surface area contributed by atoms with E-state index in [4.69, 9.17) is 0 Å². The molecule has 2 nitrogen and oxygen atoms in total. The Balaban J connectivity index is 2.07. The summed E-state index contributed by atoms with van der Waals surface area (Å²) in [4.78, 5) is 0. The Hall–Kier alpha value is -0.860. The van der Waals surface area contributed by atoms with Gasteiger partial charge in [0.2, 0.25) is 0 Å². The summed E-state index contributed by atoms with van der Waals surface area (Å²) < 4.78 is 0. The molecule has 2 aliphatic rings. The molecule has 0 saturated heterocycles. The third-order valence-electron chi connectivity index (χ3n) is 6.59. The normalized spacial score (nSPS) is 34.0. The third-order valence-corrected chi connectivity index (χ3v) is 6.59. The van der Waals surface area contributed by atoms with Gasteiger partial charge in [0.15, 0.2) is 0 Å². The molecule has 0 heterocycles. The average molecular weight is 302 g/mol. The van der Waals surface area contributed by atoms with E-state index in [0.717, 1.165) is 31.2 Å². The molecule has 1 aromatic carbocycles. The maximum Gasteiger partial charge on any atom is 0.0840 e. The molecular formula is C20H30O2. The highest BCUT2D eigenvalue weighted by molar-refractivity contribution is 5.42. The van der Waals surface area contributed by atoms with E-state index in [1.807, 2.05) is 13.8 Å². The molecule has 0 bridgehead atoms. The molecule has 0 radical (unpaired) electrons. The van der Waals surface area contributed by atoms with E-state index in [1.54, 1.807) is 0 Å². The zero-order valence-electron chi connectivity index (χ0n) is 14.6. The smallest absolute Gasteiger partial charge is 0.0840 e. The molecule has 22 heavy (non-hydrogen) atoms. The van der Waals surface area contributed by atoms with Crippen LogP contribution in [-0.4, -0.2) is 16.3 Å². The molecule has 0 aromatic heterocycles. The van der Waals surface area contributed by atoms with Gasteiger partial charge >= 0.3 is 0 Å². The van der Waals surface area contributed by atoms with E-state index in [-0.39, 0.29) is 16.9 Å². The summed E-state index contributed by atoms with van der Waals surface area (Å²) in [5.74, 6) is 0.518. The van der Waals surface area contributed by atoms with Crippen molar-refractivity contribution < 1.29 is 10.2 Å². The van der Waals surface area contributed by atoms with Crippen LogP contribution in [-0.2, 0) is 17.4 Å². The molecule has 0 spiro atoms. The van der Waals surface area contributed by atoms with Crippen LogP contribution in [0, 0.1) is 11.3 Å². The van der Waals surface area contributed by atoms with Crippen molar-refractivity contribution in [3.05, 3.63) is 34.9 Å². The molecule has 2 heteroatoms. The quantitative estimate of drug-likeness (QED) is 0.825. The minimum Gasteiger partial charge on any atom is -0.393 e.